The highest BCUT2D eigenvalue weighted by molar-refractivity contribution is 6.18. The molecule has 1 aliphatic rings. The van der Waals surface area contributed by atoms with Gasteiger partial charge in [0.15, 0.2) is 0 Å². The summed E-state index contributed by atoms with van der Waals surface area (Å²) in [6, 6.07) is 5.23. The van der Waals surface area contributed by atoms with Crippen molar-refractivity contribution in [2.45, 2.75) is 13.3 Å². The number of benzene rings is 1. The number of amides is 2. The van der Waals surface area contributed by atoms with Gasteiger partial charge < -0.3 is 15.0 Å². The van der Waals surface area contributed by atoms with E-state index in [4.69, 9.17) is 16.3 Å². The number of methoxy groups -OCH3 is 1. The van der Waals surface area contributed by atoms with Crippen LogP contribution in [0.5, 0.6) is 5.75 Å². The van der Waals surface area contributed by atoms with E-state index in [1.54, 1.807) is 30.2 Å². The van der Waals surface area contributed by atoms with Crippen molar-refractivity contribution in [3.05, 3.63) is 18.2 Å². The Morgan fingerprint density at radius 2 is 2.30 bits per heavy atom. The molecule has 108 valence electrons. The molecule has 0 aliphatic carbocycles. The maximum atomic E-state index is 12.1. The standard InChI is InChI=1S/C14H17ClN2O3/c1-9(18)16-12-4-3-11(20-2)6-13(12)17-8-10(7-15)5-14(17)19/h3-4,6,10H,5,7-8H2,1-2H3,(H,16,18). The maximum absolute atomic E-state index is 12.1. The third kappa shape index (κ3) is 3.04. The Kier molecular flexibility index (Phi) is 4.49. The summed E-state index contributed by atoms with van der Waals surface area (Å²) in [5.41, 5.74) is 1.25. The van der Waals surface area contributed by atoms with Crippen molar-refractivity contribution in [2.75, 3.05) is 29.8 Å². The highest BCUT2D eigenvalue weighted by atomic mass is 35.5. The fourth-order valence-corrected chi connectivity index (χ4v) is 2.48. The van der Waals surface area contributed by atoms with Gasteiger partial charge in [-0.15, -0.1) is 11.6 Å². The molecule has 1 saturated heterocycles. The summed E-state index contributed by atoms with van der Waals surface area (Å²) in [7, 11) is 1.56. The average Bonchev–Trinajstić information content (AvgIpc) is 2.80. The smallest absolute Gasteiger partial charge is 0.227 e. The number of carbonyl (C=O) groups excluding carboxylic acids is 2. The lowest BCUT2D eigenvalue weighted by molar-refractivity contribution is -0.117. The Bertz CT molecular complexity index is 533. The number of rotatable bonds is 4. The largest absolute Gasteiger partial charge is 0.497 e. The molecule has 0 aromatic heterocycles. The number of ether oxygens (including phenoxy) is 1. The van der Waals surface area contributed by atoms with E-state index in [0.29, 0.717) is 36.0 Å². The highest BCUT2D eigenvalue weighted by Crippen LogP contribution is 2.34. The second kappa shape index (κ2) is 6.13. The maximum Gasteiger partial charge on any atom is 0.227 e. The number of anilines is 2. The molecule has 2 amide bonds. The molecule has 5 nitrogen and oxygen atoms in total. The first kappa shape index (κ1) is 14.7. The van der Waals surface area contributed by atoms with Crippen LogP contribution in [-0.4, -0.2) is 31.3 Å². The van der Waals surface area contributed by atoms with Crippen molar-refractivity contribution < 1.29 is 14.3 Å². The second-order valence-electron chi connectivity index (χ2n) is 4.79. The van der Waals surface area contributed by atoms with Crippen molar-refractivity contribution in [1.82, 2.24) is 0 Å². The molecule has 1 aromatic rings. The zero-order valence-electron chi connectivity index (χ0n) is 11.5. The summed E-state index contributed by atoms with van der Waals surface area (Å²) in [4.78, 5) is 25.0. The van der Waals surface area contributed by atoms with Crippen molar-refractivity contribution >= 4 is 34.8 Å². The van der Waals surface area contributed by atoms with Crippen LogP contribution in [0.1, 0.15) is 13.3 Å². The van der Waals surface area contributed by atoms with Gasteiger partial charge >= 0.3 is 0 Å². The summed E-state index contributed by atoms with van der Waals surface area (Å²) >= 11 is 5.84. The lowest BCUT2D eigenvalue weighted by Gasteiger charge is -2.21. The molecule has 6 heteroatoms. The third-order valence-corrected chi connectivity index (χ3v) is 3.67. The summed E-state index contributed by atoms with van der Waals surface area (Å²) in [6.45, 7) is 1.99. The van der Waals surface area contributed by atoms with E-state index >= 15 is 0 Å². The molecule has 20 heavy (non-hydrogen) atoms. The number of carbonyl (C=O) groups is 2. The number of nitrogens with one attached hydrogen (secondary N) is 1. The predicted octanol–water partition coefficient (Wildman–Crippen LogP) is 2.25. The van der Waals surface area contributed by atoms with Gasteiger partial charge in [-0.1, -0.05) is 0 Å². The molecular formula is C14H17ClN2O3. The van der Waals surface area contributed by atoms with Crippen LogP contribution >= 0.6 is 11.6 Å². The molecule has 1 N–H and O–H groups in total. The summed E-state index contributed by atoms with van der Waals surface area (Å²) in [5, 5.41) is 2.73. The van der Waals surface area contributed by atoms with E-state index in [-0.39, 0.29) is 17.7 Å². The first-order valence-electron chi connectivity index (χ1n) is 6.37. The molecule has 1 fully saturated rings. The summed E-state index contributed by atoms with van der Waals surface area (Å²) < 4.78 is 5.19. The van der Waals surface area contributed by atoms with Gasteiger partial charge in [-0.2, -0.15) is 0 Å². The van der Waals surface area contributed by atoms with E-state index in [9.17, 15) is 9.59 Å². The van der Waals surface area contributed by atoms with Crippen molar-refractivity contribution in [2.24, 2.45) is 5.92 Å². The zero-order chi connectivity index (χ0) is 14.7. The Morgan fingerprint density at radius 3 is 2.85 bits per heavy atom. The SMILES string of the molecule is COc1ccc(NC(C)=O)c(N2CC(CCl)CC2=O)c1. The first-order chi connectivity index (χ1) is 9.55. The third-order valence-electron chi connectivity index (χ3n) is 3.23. The number of hydrogen-bond donors (Lipinski definition) is 1. The van der Waals surface area contributed by atoms with Crippen LogP contribution in [0.25, 0.3) is 0 Å². The Hall–Kier alpha value is -1.75. The minimum Gasteiger partial charge on any atom is -0.497 e. The van der Waals surface area contributed by atoms with Gasteiger partial charge in [-0.25, -0.2) is 0 Å². The normalized spacial score (nSPS) is 18.2. The van der Waals surface area contributed by atoms with E-state index < -0.39 is 0 Å². The van der Waals surface area contributed by atoms with Gasteiger partial charge in [-0.05, 0) is 18.1 Å². The topological polar surface area (TPSA) is 58.6 Å². The first-order valence-corrected chi connectivity index (χ1v) is 6.90. The van der Waals surface area contributed by atoms with Crippen molar-refractivity contribution in [3.63, 3.8) is 0 Å². The number of alkyl halides is 1. The Labute approximate surface area is 122 Å². The summed E-state index contributed by atoms with van der Waals surface area (Å²) in [5.74, 6) is 1.05. The van der Waals surface area contributed by atoms with Gasteiger partial charge in [0.05, 0.1) is 18.5 Å². The Balaban J connectivity index is 2.37. The van der Waals surface area contributed by atoms with Crippen LogP contribution in [0.15, 0.2) is 18.2 Å². The lowest BCUT2D eigenvalue weighted by atomic mass is 10.1. The molecule has 1 aromatic carbocycles. The minimum atomic E-state index is -0.183. The van der Waals surface area contributed by atoms with Crippen LogP contribution in [0.4, 0.5) is 11.4 Å². The van der Waals surface area contributed by atoms with E-state index in [1.165, 1.54) is 6.92 Å². The molecule has 1 unspecified atom stereocenters. The van der Waals surface area contributed by atoms with Crippen LogP contribution in [0, 0.1) is 5.92 Å². The molecule has 1 aliphatic heterocycles. The van der Waals surface area contributed by atoms with Crippen LogP contribution in [0.3, 0.4) is 0 Å². The summed E-state index contributed by atoms with van der Waals surface area (Å²) in [6.07, 6.45) is 0.431. The van der Waals surface area contributed by atoms with Crippen LogP contribution in [0.2, 0.25) is 0 Å². The molecule has 0 bridgehead atoms. The molecule has 2 rings (SSSR count). The lowest BCUT2D eigenvalue weighted by Crippen LogP contribution is -2.26. The van der Waals surface area contributed by atoms with E-state index in [2.05, 4.69) is 5.32 Å². The monoisotopic (exact) mass is 296 g/mol. The second-order valence-corrected chi connectivity index (χ2v) is 5.10. The fourth-order valence-electron chi connectivity index (χ4n) is 2.27. The number of nitrogens with zero attached hydrogens (tertiary/aromatic N) is 1. The van der Waals surface area contributed by atoms with Gasteiger partial charge in [0.2, 0.25) is 11.8 Å². The predicted molar refractivity (Wildman–Crippen MR) is 78.5 cm³/mol. The molecule has 0 saturated carbocycles. The van der Waals surface area contributed by atoms with Crippen molar-refractivity contribution in [1.29, 1.82) is 0 Å². The van der Waals surface area contributed by atoms with E-state index in [1.807, 2.05) is 0 Å². The van der Waals surface area contributed by atoms with Crippen LogP contribution < -0.4 is 15.0 Å². The Morgan fingerprint density at radius 1 is 1.55 bits per heavy atom. The zero-order valence-corrected chi connectivity index (χ0v) is 12.2. The minimum absolute atomic E-state index is 0.00973. The van der Waals surface area contributed by atoms with Crippen molar-refractivity contribution in [3.8, 4) is 5.75 Å². The van der Waals surface area contributed by atoms with Gasteiger partial charge in [0, 0.05) is 31.8 Å². The van der Waals surface area contributed by atoms with Gasteiger partial charge in [0.1, 0.15) is 5.75 Å². The van der Waals surface area contributed by atoms with Gasteiger partial charge in [-0.3, -0.25) is 9.59 Å². The van der Waals surface area contributed by atoms with Gasteiger partial charge in [0.25, 0.3) is 0 Å². The highest BCUT2D eigenvalue weighted by Gasteiger charge is 2.31. The number of halogens is 1. The molecule has 0 radical (unpaired) electrons. The fraction of sp³-hybridized carbons (Fsp3) is 0.429. The average molecular weight is 297 g/mol. The van der Waals surface area contributed by atoms with Crippen LogP contribution in [-0.2, 0) is 9.59 Å². The quantitative estimate of drug-likeness (QED) is 0.867. The van der Waals surface area contributed by atoms with E-state index in [0.717, 1.165) is 0 Å². The molecule has 1 atom stereocenters. The molecular weight excluding hydrogens is 280 g/mol. The molecule has 1 heterocycles. The number of hydrogen-bond acceptors (Lipinski definition) is 3. The molecule has 0 spiro atoms.